The van der Waals surface area contributed by atoms with E-state index in [-0.39, 0.29) is 75.3 Å². The van der Waals surface area contributed by atoms with Gasteiger partial charge in [-0.05, 0) is 72.2 Å². The Bertz CT molecular complexity index is 4790. The molecule has 6 aromatic rings. The predicted octanol–water partition coefficient (Wildman–Crippen LogP) is 7.16. The fourth-order valence-corrected chi connectivity index (χ4v) is 17.4. The maximum absolute atomic E-state index is 16.0. The number of hydrogen-bond donors (Lipinski definition) is 4. The van der Waals surface area contributed by atoms with E-state index in [4.69, 9.17) is 118 Å². The van der Waals surface area contributed by atoms with Crippen LogP contribution in [0.3, 0.4) is 0 Å². The van der Waals surface area contributed by atoms with Crippen molar-refractivity contribution in [3.8, 4) is 21.6 Å². The van der Waals surface area contributed by atoms with E-state index in [0.717, 1.165) is 49.4 Å². The van der Waals surface area contributed by atoms with Gasteiger partial charge in [-0.3, -0.25) is 33.6 Å². The number of carbonyl (C=O) groups excluding carboxylic acids is 5. The molecule has 844 valence electrons. The number of ether oxygens (including phenoxy) is 25. The Hall–Kier alpha value is -8.17. The van der Waals surface area contributed by atoms with Crippen molar-refractivity contribution < 1.29 is 164 Å². The molecule has 9 rings (SSSR count). The van der Waals surface area contributed by atoms with E-state index < -0.39 is 98.9 Å². The number of likely N-dealkylation sites (tertiary alicyclic amines) is 1. The number of piperazine rings is 1. The normalized spacial score (nSPS) is 15.5. The molecule has 3 aromatic carbocycles. The number of benzene rings is 3. The minimum atomic E-state index is -4.41. The maximum Gasteiger partial charge on any atom is 0.306 e. The fraction of sp³-hybridized carbons (Fsp3) is 0.680. The summed E-state index contributed by atoms with van der Waals surface area (Å²) in [5.41, 5.74) is 4.56. The minimum absolute atomic E-state index is 0.0262. The number of nitrogens with zero attached hydrogens (tertiary/aromatic N) is 6. The summed E-state index contributed by atoms with van der Waals surface area (Å²) in [7, 11) is -2.77. The quantitative estimate of drug-likeness (QED) is 0.0167. The van der Waals surface area contributed by atoms with Gasteiger partial charge < -0.3 is 144 Å². The number of aryl methyl sites for hydroxylation is 1. The van der Waals surface area contributed by atoms with Crippen molar-refractivity contribution >= 4 is 73.4 Å². The Morgan fingerprint density at radius 1 is 0.507 bits per heavy atom. The average Bonchev–Trinajstić information content (AvgIpc) is 1.64. The summed E-state index contributed by atoms with van der Waals surface area (Å²) < 4.78 is 213. The fourth-order valence-electron chi connectivity index (χ4n) is 15.4. The zero-order valence-corrected chi connectivity index (χ0v) is 89.1. The van der Waals surface area contributed by atoms with Crippen LogP contribution >= 0.6 is 11.3 Å². The Kier molecular flexibility index (Phi) is 63.2. The van der Waals surface area contributed by atoms with E-state index in [1.54, 1.807) is 24.9 Å². The SMILES string of the molecule is COCCOCCOCCOCCOCCOCCOCCOCCOCCOCCOCCOCCOCCOCCOCCOCCOCCOCCOCCOCCOCCOCCOCCCC(=O)O[C@@H]1C[C@@H](C(=O)NCc2ccc(-c3scnc3C)cc2)N(C(=O)[C@@H](NC(=O)COCCN2CCN(c3ccc(-c4cnc5[nH]cc(C(=O)c6c(F)ccc(NS(=O)(=O)N7CC[C@@H](F)C7)c6F)c5c4)cc3)CC2)C(C)(C)C)C1. The Labute approximate surface area is 882 Å². The molecule has 3 aromatic heterocycles. The molecule has 0 aliphatic carbocycles. The topological polar surface area (TPSA) is 441 Å². The van der Waals surface area contributed by atoms with E-state index >= 15 is 8.78 Å². The third-order valence-corrected chi connectivity index (χ3v) is 25.9. The van der Waals surface area contributed by atoms with Crippen molar-refractivity contribution in [3.05, 3.63) is 119 Å². The van der Waals surface area contributed by atoms with Crippen LogP contribution in [0.4, 0.5) is 24.5 Å². The van der Waals surface area contributed by atoms with Gasteiger partial charge in [0.25, 0.3) is 0 Å². The highest BCUT2D eigenvalue weighted by molar-refractivity contribution is 7.90. The number of carbonyl (C=O) groups is 5. The molecule has 0 unspecified atom stereocenters. The van der Waals surface area contributed by atoms with E-state index in [1.807, 2.05) is 80.9 Å². The number of methoxy groups -OCH3 is 1. The van der Waals surface area contributed by atoms with Gasteiger partial charge in [-0.2, -0.15) is 12.7 Å². The number of H-pyrrole nitrogens is 1. The second-order valence-electron chi connectivity index (χ2n) is 35.7. The molecule has 3 aliphatic rings. The van der Waals surface area contributed by atoms with Crippen LogP contribution in [0.1, 0.15) is 73.6 Å². The zero-order chi connectivity index (χ0) is 107. The highest BCUT2D eigenvalue weighted by Gasteiger charge is 2.46. The van der Waals surface area contributed by atoms with Gasteiger partial charge in [0.15, 0.2) is 5.82 Å². The summed E-state index contributed by atoms with van der Waals surface area (Å²) in [5.74, 6) is -5.66. The minimum Gasteiger partial charge on any atom is -0.460 e. The molecule has 3 fully saturated rings. The number of thiazole rings is 1. The molecule has 42 nitrogen and oxygen atoms in total. The second kappa shape index (κ2) is 75.6. The van der Waals surface area contributed by atoms with Crippen molar-refractivity contribution in [2.75, 3.05) is 380 Å². The Morgan fingerprint density at radius 3 is 1.35 bits per heavy atom. The lowest BCUT2D eigenvalue weighted by Gasteiger charge is -2.36. The highest BCUT2D eigenvalue weighted by atomic mass is 32.2. The van der Waals surface area contributed by atoms with Crippen molar-refractivity contribution in [2.45, 2.75) is 84.3 Å². The van der Waals surface area contributed by atoms with E-state index in [9.17, 15) is 36.8 Å². The number of aromatic amines is 1. The van der Waals surface area contributed by atoms with E-state index in [0.29, 0.717) is 335 Å². The molecular weight excluding hydrogens is 2010 g/mol. The van der Waals surface area contributed by atoms with Gasteiger partial charge >= 0.3 is 16.2 Å². The molecule has 0 spiro atoms. The van der Waals surface area contributed by atoms with Crippen LogP contribution in [-0.2, 0) is 154 Å². The van der Waals surface area contributed by atoms with Crippen LogP contribution in [0.15, 0.2) is 84.6 Å². The summed E-state index contributed by atoms with van der Waals surface area (Å²) in [6, 6.07) is 16.7. The lowest BCUT2D eigenvalue weighted by molar-refractivity contribution is -0.150. The highest BCUT2D eigenvalue weighted by Crippen LogP contribution is 2.34. The molecule has 4 N–H and O–H groups in total. The lowest BCUT2D eigenvalue weighted by Crippen LogP contribution is -2.58. The third kappa shape index (κ3) is 50.1. The van der Waals surface area contributed by atoms with Crippen molar-refractivity contribution in [1.82, 2.24) is 39.7 Å². The molecule has 0 bridgehead atoms. The van der Waals surface area contributed by atoms with Crippen LogP contribution in [-0.4, -0.2) is 461 Å². The third-order valence-electron chi connectivity index (χ3n) is 23.4. The lowest BCUT2D eigenvalue weighted by atomic mass is 9.85. The number of halogens is 3. The molecule has 3 amide bonds. The van der Waals surface area contributed by atoms with Crippen LogP contribution in [0.25, 0.3) is 32.6 Å². The van der Waals surface area contributed by atoms with Gasteiger partial charge in [0.05, 0.1) is 331 Å². The first kappa shape index (κ1) is 125. The molecule has 4 atom stereocenters. The largest absolute Gasteiger partial charge is 0.460 e. The smallest absolute Gasteiger partial charge is 0.306 e. The maximum atomic E-state index is 16.0. The summed E-state index contributed by atoms with van der Waals surface area (Å²) in [5, 5.41) is 6.18. The van der Waals surface area contributed by atoms with Gasteiger partial charge in [0.1, 0.15) is 42.4 Å². The summed E-state index contributed by atoms with van der Waals surface area (Å²) in [4.78, 5) is 88.8. The molecule has 47 heteroatoms. The molecule has 150 heavy (non-hydrogen) atoms. The Balaban J connectivity index is 0.512. The monoisotopic (exact) mass is 2170 g/mol. The molecule has 0 radical (unpaired) electrons. The number of alkyl halides is 1. The number of fused-ring (bicyclic) bond motifs is 1. The first-order valence-corrected chi connectivity index (χ1v) is 53.8. The molecular formula is C103H157F3N10O32S2. The van der Waals surface area contributed by atoms with Crippen LogP contribution in [0.5, 0.6) is 0 Å². The zero-order valence-electron chi connectivity index (χ0n) is 87.5. The van der Waals surface area contributed by atoms with Crippen LogP contribution < -0.4 is 20.3 Å². The van der Waals surface area contributed by atoms with Crippen molar-refractivity contribution in [2.24, 2.45) is 5.41 Å². The molecule has 0 saturated carbocycles. The standard InChI is InChI=1S/C103H157F3N10O32S2/c1-80-98(149-79-110-80)83-10-8-81(9-11-83)73-109-101(120)92-72-87(77-116(92)102(121)99(103(2,3)4)111-93(117)78-147-26-24-113-20-22-114(23-21-113)86-14-12-82(13-15-86)84-71-88-89(75-108-100(88)107-74-84)97(119)95-90(105)16-17-91(96(95)106)112-150(122,123)115-19-18-85(104)76-115)148-94(118)7-6-25-125-29-30-127-33-34-129-37-38-131-41-42-133-45-46-135-49-50-137-53-54-139-57-58-141-61-62-143-65-66-145-69-70-146-68-67-144-64-63-142-60-59-140-56-55-138-52-51-136-48-47-134-44-43-132-40-39-130-36-35-128-32-31-126-28-27-124-5/h8-17,71,74-75,79,85,87,92,99,112H,6-7,18-70,72-73,76-78H2,1-5H3,(H,107,108)(H,109,120)(H,111,117)/t85-,87-,92+,99-/m1/s1. The van der Waals surface area contributed by atoms with Crippen molar-refractivity contribution in [3.63, 3.8) is 0 Å². The van der Waals surface area contributed by atoms with Gasteiger partial charge in [0.2, 0.25) is 23.5 Å². The number of nitrogens with one attached hydrogen (secondary N) is 4. The molecule has 3 saturated heterocycles. The summed E-state index contributed by atoms with van der Waals surface area (Å²) in [6.45, 7) is 30.4. The number of esters is 1. The molecule has 6 heterocycles. The summed E-state index contributed by atoms with van der Waals surface area (Å²) >= 11 is 1.54. The number of rotatable bonds is 89. The van der Waals surface area contributed by atoms with Gasteiger partial charge in [-0.1, -0.05) is 57.2 Å². The van der Waals surface area contributed by atoms with Crippen LogP contribution in [0, 0.1) is 24.0 Å². The number of aromatic nitrogens is 3. The van der Waals surface area contributed by atoms with Gasteiger partial charge in [-0.15, -0.1) is 11.3 Å². The number of hydrogen-bond acceptors (Lipinski definition) is 37. The number of pyridine rings is 1. The van der Waals surface area contributed by atoms with Gasteiger partial charge in [0, 0.05) is 114 Å². The summed E-state index contributed by atoms with van der Waals surface area (Å²) in [6.07, 6.45) is 1.08. The first-order valence-electron chi connectivity index (χ1n) is 51.5. The Morgan fingerprint density at radius 2 is 0.940 bits per heavy atom. The number of anilines is 2. The van der Waals surface area contributed by atoms with Gasteiger partial charge in [-0.25, -0.2) is 23.1 Å². The number of ketones is 1. The molecule has 3 aliphatic heterocycles. The second-order valence-corrected chi connectivity index (χ2v) is 38.2. The predicted molar refractivity (Wildman–Crippen MR) is 549 cm³/mol. The van der Waals surface area contributed by atoms with E-state index in [1.165, 1.54) is 22.4 Å². The first-order chi connectivity index (χ1) is 73.2. The van der Waals surface area contributed by atoms with E-state index in [2.05, 4.69) is 35.4 Å². The average molecular weight is 2170 g/mol. The van der Waals surface area contributed by atoms with Crippen LogP contribution in [0.2, 0.25) is 0 Å². The number of amides is 3. The van der Waals surface area contributed by atoms with Crippen molar-refractivity contribution in [1.29, 1.82) is 0 Å².